The van der Waals surface area contributed by atoms with Crippen molar-refractivity contribution in [1.82, 2.24) is 5.32 Å². The average Bonchev–Trinajstić information content (AvgIpc) is 2.37. The number of aromatic carboxylic acids is 1. The number of carboxylic acids is 1. The summed E-state index contributed by atoms with van der Waals surface area (Å²) < 4.78 is 13.2. The van der Waals surface area contributed by atoms with Crippen molar-refractivity contribution in [3.05, 3.63) is 29.6 Å². The van der Waals surface area contributed by atoms with Gasteiger partial charge < -0.3 is 15.7 Å². The topological polar surface area (TPSA) is 78.4 Å². The molecule has 0 aromatic heterocycles. The van der Waals surface area contributed by atoms with Gasteiger partial charge in [0.1, 0.15) is 5.82 Å². The zero-order valence-corrected chi connectivity index (χ0v) is 10.9. The number of amides is 1. The standard InChI is InChI=1S/C13H17FN2O3/c1-3-15-7-8(2)12(17)16-9-4-5-11(14)10(6-9)13(18)19/h4-6,8,15H,3,7H2,1-2H3,(H,16,17)(H,18,19). The van der Waals surface area contributed by atoms with E-state index in [1.165, 1.54) is 6.07 Å². The van der Waals surface area contributed by atoms with Crippen molar-refractivity contribution in [3.8, 4) is 0 Å². The monoisotopic (exact) mass is 268 g/mol. The zero-order valence-electron chi connectivity index (χ0n) is 10.9. The number of anilines is 1. The van der Waals surface area contributed by atoms with Crippen LogP contribution >= 0.6 is 0 Å². The molecule has 3 N–H and O–H groups in total. The summed E-state index contributed by atoms with van der Waals surface area (Å²) in [6, 6.07) is 3.46. The quantitative estimate of drug-likeness (QED) is 0.734. The fraction of sp³-hybridized carbons (Fsp3) is 0.385. The summed E-state index contributed by atoms with van der Waals surface area (Å²) in [7, 11) is 0. The van der Waals surface area contributed by atoms with Gasteiger partial charge in [-0.05, 0) is 24.7 Å². The average molecular weight is 268 g/mol. The first-order valence-electron chi connectivity index (χ1n) is 6.00. The van der Waals surface area contributed by atoms with E-state index in [0.717, 1.165) is 18.7 Å². The summed E-state index contributed by atoms with van der Waals surface area (Å²) in [6.45, 7) is 4.97. The molecule has 0 saturated heterocycles. The second-order valence-corrected chi connectivity index (χ2v) is 4.20. The summed E-state index contributed by atoms with van der Waals surface area (Å²) in [5, 5.41) is 14.4. The van der Waals surface area contributed by atoms with Crippen molar-refractivity contribution in [1.29, 1.82) is 0 Å². The molecule has 1 unspecified atom stereocenters. The van der Waals surface area contributed by atoms with Crippen LogP contribution in [0.5, 0.6) is 0 Å². The number of nitrogens with one attached hydrogen (secondary N) is 2. The van der Waals surface area contributed by atoms with Crippen LogP contribution in [0.2, 0.25) is 0 Å². The molecule has 6 heteroatoms. The molecule has 0 bridgehead atoms. The van der Waals surface area contributed by atoms with Crippen LogP contribution in [0.1, 0.15) is 24.2 Å². The minimum absolute atomic E-state index is 0.246. The number of hydrogen-bond donors (Lipinski definition) is 3. The Labute approximate surface area is 110 Å². The number of carboxylic acid groups (broad SMARTS) is 1. The van der Waals surface area contributed by atoms with Gasteiger partial charge in [0, 0.05) is 18.2 Å². The Morgan fingerprint density at radius 2 is 2.11 bits per heavy atom. The molecule has 1 aromatic rings. The molecule has 0 aliphatic carbocycles. The predicted octanol–water partition coefficient (Wildman–Crippen LogP) is 1.71. The largest absolute Gasteiger partial charge is 0.478 e. The van der Waals surface area contributed by atoms with Crippen LogP contribution in [-0.4, -0.2) is 30.1 Å². The van der Waals surface area contributed by atoms with Crippen molar-refractivity contribution in [2.24, 2.45) is 5.92 Å². The summed E-state index contributed by atoms with van der Waals surface area (Å²) in [5.41, 5.74) is -0.190. The number of rotatable bonds is 6. The van der Waals surface area contributed by atoms with Crippen molar-refractivity contribution in [2.75, 3.05) is 18.4 Å². The smallest absolute Gasteiger partial charge is 0.338 e. The molecule has 19 heavy (non-hydrogen) atoms. The molecule has 0 heterocycles. The van der Waals surface area contributed by atoms with Crippen LogP contribution in [0.4, 0.5) is 10.1 Å². The number of carbonyl (C=O) groups excluding carboxylic acids is 1. The Morgan fingerprint density at radius 1 is 1.42 bits per heavy atom. The van der Waals surface area contributed by atoms with E-state index in [2.05, 4.69) is 10.6 Å². The van der Waals surface area contributed by atoms with Gasteiger partial charge in [-0.3, -0.25) is 4.79 Å². The van der Waals surface area contributed by atoms with Crippen LogP contribution in [0.25, 0.3) is 0 Å². The predicted molar refractivity (Wildman–Crippen MR) is 69.7 cm³/mol. The molecule has 5 nitrogen and oxygen atoms in total. The van der Waals surface area contributed by atoms with Gasteiger partial charge in [0.25, 0.3) is 0 Å². The lowest BCUT2D eigenvalue weighted by molar-refractivity contribution is -0.119. The third-order valence-corrected chi connectivity index (χ3v) is 2.61. The van der Waals surface area contributed by atoms with E-state index in [-0.39, 0.29) is 17.5 Å². The normalized spacial score (nSPS) is 11.9. The molecule has 0 radical (unpaired) electrons. The Morgan fingerprint density at radius 3 is 2.68 bits per heavy atom. The molecule has 104 valence electrons. The molecule has 0 aliphatic heterocycles. The summed E-state index contributed by atoms with van der Waals surface area (Å²) in [4.78, 5) is 22.6. The van der Waals surface area contributed by atoms with Gasteiger partial charge in [-0.25, -0.2) is 9.18 Å². The first-order chi connectivity index (χ1) is 8.95. The van der Waals surface area contributed by atoms with E-state index in [4.69, 9.17) is 5.11 Å². The van der Waals surface area contributed by atoms with Gasteiger partial charge in [-0.1, -0.05) is 13.8 Å². The van der Waals surface area contributed by atoms with Gasteiger partial charge in [-0.2, -0.15) is 0 Å². The number of halogens is 1. The number of carbonyl (C=O) groups is 2. The fourth-order valence-electron chi connectivity index (χ4n) is 1.49. The molecule has 1 rings (SSSR count). The second-order valence-electron chi connectivity index (χ2n) is 4.20. The highest BCUT2D eigenvalue weighted by Gasteiger charge is 2.15. The van der Waals surface area contributed by atoms with E-state index >= 15 is 0 Å². The first-order valence-corrected chi connectivity index (χ1v) is 6.00. The van der Waals surface area contributed by atoms with Crippen molar-refractivity contribution in [2.45, 2.75) is 13.8 Å². The molecule has 1 amide bonds. The number of hydrogen-bond acceptors (Lipinski definition) is 3. The van der Waals surface area contributed by atoms with E-state index in [9.17, 15) is 14.0 Å². The molecule has 0 aliphatic rings. The minimum atomic E-state index is -1.37. The summed E-state index contributed by atoms with van der Waals surface area (Å²) in [5.74, 6) is -2.71. The zero-order chi connectivity index (χ0) is 14.4. The highest BCUT2D eigenvalue weighted by atomic mass is 19.1. The first kappa shape index (κ1) is 15.1. The highest BCUT2D eigenvalue weighted by Crippen LogP contribution is 2.15. The molecular weight excluding hydrogens is 251 g/mol. The molecule has 0 fully saturated rings. The van der Waals surface area contributed by atoms with E-state index in [1.807, 2.05) is 6.92 Å². The second kappa shape index (κ2) is 6.84. The minimum Gasteiger partial charge on any atom is -0.478 e. The Balaban J connectivity index is 2.74. The third-order valence-electron chi connectivity index (χ3n) is 2.61. The molecule has 1 aromatic carbocycles. The molecular formula is C13H17FN2O3. The van der Waals surface area contributed by atoms with Crippen molar-refractivity contribution in [3.63, 3.8) is 0 Å². The van der Waals surface area contributed by atoms with Crippen molar-refractivity contribution >= 4 is 17.6 Å². The van der Waals surface area contributed by atoms with Gasteiger partial charge in [0.05, 0.1) is 5.56 Å². The van der Waals surface area contributed by atoms with Crippen LogP contribution in [-0.2, 0) is 4.79 Å². The summed E-state index contributed by atoms with van der Waals surface area (Å²) in [6.07, 6.45) is 0. The Hall–Kier alpha value is -1.95. The van der Waals surface area contributed by atoms with Gasteiger partial charge in [-0.15, -0.1) is 0 Å². The maximum Gasteiger partial charge on any atom is 0.338 e. The third kappa shape index (κ3) is 4.33. The van der Waals surface area contributed by atoms with Crippen molar-refractivity contribution < 1.29 is 19.1 Å². The lowest BCUT2D eigenvalue weighted by atomic mass is 10.1. The van der Waals surface area contributed by atoms with Crippen LogP contribution < -0.4 is 10.6 Å². The number of benzene rings is 1. The van der Waals surface area contributed by atoms with Gasteiger partial charge in [0.15, 0.2) is 0 Å². The van der Waals surface area contributed by atoms with Gasteiger partial charge >= 0.3 is 5.97 Å². The fourth-order valence-corrected chi connectivity index (χ4v) is 1.49. The highest BCUT2D eigenvalue weighted by molar-refractivity contribution is 5.95. The maximum atomic E-state index is 13.2. The lowest BCUT2D eigenvalue weighted by Gasteiger charge is -2.12. The van der Waals surface area contributed by atoms with Crippen LogP contribution in [0.15, 0.2) is 18.2 Å². The Bertz CT molecular complexity index is 477. The lowest BCUT2D eigenvalue weighted by Crippen LogP contribution is -2.30. The van der Waals surface area contributed by atoms with E-state index in [0.29, 0.717) is 6.54 Å². The van der Waals surface area contributed by atoms with Crippen LogP contribution in [0, 0.1) is 11.7 Å². The Kier molecular flexibility index (Phi) is 5.44. The molecule has 0 saturated carbocycles. The SMILES string of the molecule is CCNCC(C)C(=O)Nc1ccc(F)c(C(=O)O)c1. The van der Waals surface area contributed by atoms with E-state index in [1.54, 1.807) is 6.92 Å². The van der Waals surface area contributed by atoms with E-state index < -0.39 is 17.3 Å². The van der Waals surface area contributed by atoms with Crippen LogP contribution in [0.3, 0.4) is 0 Å². The van der Waals surface area contributed by atoms with Gasteiger partial charge in [0.2, 0.25) is 5.91 Å². The molecule has 1 atom stereocenters. The molecule has 0 spiro atoms. The maximum absolute atomic E-state index is 13.2. The summed E-state index contributed by atoms with van der Waals surface area (Å²) >= 11 is 0.